The van der Waals surface area contributed by atoms with Gasteiger partial charge in [-0.05, 0) is 12.1 Å². The monoisotopic (exact) mass is 307 g/mol. The second-order valence-corrected chi connectivity index (χ2v) is 5.10. The molecule has 3 aromatic rings. The predicted octanol–water partition coefficient (Wildman–Crippen LogP) is 4.60. The van der Waals surface area contributed by atoms with E-state index in [0.717, 1.165) is 16.8 Å². The summed E-state index contributed by atoms with van der Waals surface area (Å²) in [6.45, 7) is 0. The van der Waals surface area contributed by atoms with Crippen LogP contribution in [0.25, 0.3) is 0 Å². The van der Waals surface area contributed by atoms with Crippen molar-refractivity contribution >= 4 is 23.1 Å². The van der Waals surface area contributed by atoms with Gasteiger partial charge in [-0.15, -0.1) is 0 Å². The molecule has 4 heteroatoms. The van der Waals surface area contributed by atoms with Gasteiger partial charge in [-0.3, -0.25) is 5.43 Å². The molecule has 0 spiro atoms. The summed E-state index contributed by atoms with van der Waals surface area (Å²) < 4.78 is 0. The molecule has 0 saturated carbocycles. The molecule has 3 rings (SSSR count). The zero-order valence-electron chi connectivity index (χ0n) is 11.8. The van der Waals surface area contributed by atoms with Crippen LogP contribution in [0, 0.1) is 0 Å². The van der Waals surface area contributed by atoms with Crippen molar-refractivity contribution < 1.29 is 0 Å². The molecule has 0 aliphatic heterocycles. The van der Waals surface area contributed by atoms with E-state index >= 15 is 0 Å². The zero-order chi connectivity index (χ0) is 15.2. The van der Waals surface area contributed by atoms with Crippen molar-refractivity contribution in [2.45, 2.75) is 0 Å². The zero-order valence-corrected chi connectivity index (χ0v) is 12.5. The van der Waals surface area contributed by atoms with Crippen LogP contribution in [0.1, 0.15) is 11.1 Å². The molecular formula is C18H14ClN3. The normalized spacial score (nSPS) is 10.0. The number of hydrogen-bond donors (Lipinski definition) is 1. The Balaban J connectivity index is 1.95. The highest BCUT2D eigenvalue weighted by Crippen LogP contribution is 2.13. The third-order valence-electron chi connectivity index (χ3n) is 3.10. The van der Waals surface area contributed by atoms with Crippen LogP contribution in [0.3, 0.4) is 0 Å². The van der Waals surface area contributed by atoms with Crippen LogP contribution in [0.4, 0.5) is 5.82 Å². The van der Waals surface area contributed by atoms with Gasteiger partial charge in [0.15, 0.2) is 0 Å². The van der Waals surface area contributed by atoms with Crippen molar-refractivity contribution in [3.8, 4) is 0 Å². The second kappa shape index (κ2) is 6.87. The van der Waals surface area contributed by atoms with Gasteiger partial charge in [-0.2, -0.15) is 5.10 Å². The van der Waals surface area contributed by atoms with E-state index < -0.39 is 0 Å². The summed E-state index contributed by atoms with van der Waals surface area (Å²) >= 11 is 5.84. The number of rotatable bonds is 4. The summed E-state index contributed by atoms with van der Waals surface area (Å²) in [6, 6.07) is 23.6. The van der Waals surface area contributed by atoms with Crippen molar-refractivity contribution in [2.75, 3.05) is 5.43 Å². The average molecular weight is 308 g/mol. The molecule has 0 atom stereocenters. The van der Waals surface area contributed by atoms with E-state index in [1.165, 1.54) is 0 Å². The summed E-state index contributed by atoms with van der Waals surface area (Å²) in [6.07, 6.45) is 1.59. The smallest absolute Gasteiger partial charge is 0.146 e. The lowest BCUT2D eigenvalue weighted by Gasteiger charge is -2.08. The first kappa shape index (κ1) is 14.3. The molecule has 1 N–H and O–H groups in total. The Morgan fingerprint density at radius 2 is 1.41 bits per heavy atom. The maximum atomic E-state index is 5.84. The topological polar surface area (TPSA) is 37.3 Å². The van der Waals surface area contributed by atoms with E-state index in [1.54, 1.807) is 18.3 Å². The quantitative estimate of drug-likeness (QED) is 0.565. The van der Waals surface area contributed by atoms with Gasteiger partial charge in [0.25, 0.3) is 0 Å². The van der Waals surface area contributed by atoms with Gasteiger partial charge in [0.1, 0.15) is 5.82 Å². The van der Waals surface area contributed by atoms with Gasteiger partial charge in [-0.25, -0.2) is 4.98 Å². The highest BCUT2D eigenvalue weighted by molar-refractivity contribution is 6.30. The number of pyridine rings is 1. The summed E-state index contributed by atoms with van der Waals surface area (Å²) in [4.78, 5) is 4.19. The van der Waals surface area contributed by atoms with E-state index in [4.69, 9.17) is 11.6 Å². The molecule has 108 valence electrons. The Morgan fingerprint density at radius 3 is 1.91 bits per heavy atom. The highest BCUT2D eigenvalue weighted by Gasteiger charge is 2.06. The van der Waals surface area contributed by atoms with Crippen molar-refractivity contribution in [1.82, 2.24) is 4.98 Å². The van der Waals surface area contributed by atoms with Crippen molar-refractivity contribution in [3.05, 3.63) is 95.1 Å². The van der Waals surface area contributed by atoms with Crippen molar-refractivity contribution in [3.63, 3.8) is 0 Å². The van der Waals surface area contributed by atoms with Crippen LogP contribution in [0.2, 0.25) is 5.02 Å². The Bertz CT molecular complexity index is 712. The van der Waals surface area contributed by atoms with Crippen LogP contribution in [0.15, 0.2) is 84.1 Å². The lowest BCUT2D eigenvalue weighted by Crippen LogP contribution is -2.06. The molecule has 0 saturated heterocycles. The molecule has 2 aromatic carbocycles. The molecule has 1 aromatic heterocycles. The first-order valence-electron chi connectivity index (χ1n) is 6.89. The Labute approximate surface area is 134 Å². The summed E-state index contributed by atoms with van der Waals surface area (Å²) in [7, 11) is 0. The molecule has 3 nitrogen and oxygen atoms in total. The Hall–Kier alpha value is -2.65. The first-order chi connectivity index (χ1) is 10.8. The van der Waals surface area contributed by atoms with E-state index in [2.05, 4.69) is 15.5 Å². The van der Waals surface area contributed by atoms with Crippen LogP contribution in [0.5, 0.6) is 0 Å². The molecular weight excluding hydrogens is 294 g/mol. The van der Waals surface area contributed by atoms with Crippen LogP contribution in [-0.2, 0) is 0 Å². The molecule has 22 heavy (non-hydrogen) atoms. The largest absolute Gasteiger partial charge is 0.261 e. The van der Waals surface area contributed by atoms with Gasteiger partial charge in [0, 0.05) is 17.3 Å². The third kappa shape index (κ3) is 3.51. The van der Waals surface area contributed by atoms with E-state index in [1.807, 2.05) is 60.7 Å². The lowest BCUT2D eigenvalue weighted by molar-refractivity contribution is 1.22. The average Bonchev–Trinajstić information content (AvgIpc) is 2.59. The second-order valence-electron chi connectivity index (χ2n) is 4.67. The van der Waals surface area contributed by atoms with E-state index in [-0.39, 0.29) is 0 Å². The molecule has 0 unspecified atom stereocenters. The van der Waals surface area contributed by atoms with Gasteiger partial charge < -0.3 is 0 Å². The maximum Gasteiger partial charge on any atom is 0.146 e. The first-order valence-corrected chi connectivity index (χ1v) is 7.27. The minimum absolute atomic E-state index is 0.598. The fraction of sp³-hybridized carbons (Fsp3) is 0. The van der Waals surface area contributed by atoms with Gasteiger partial charge in [0.2, 0.25) is 0 Å². The Morgan fingerprint density at radius 1 is 0.818 bits per heavy atom. The summed E-state index contributed by atoms with van der Waals surface area (Å²) in [5.41, 5.74) is 5.92. The number of hydrogen-bond acceptors (Lipinski definition) is 3. The molecule has 0 aliphatic rings. The van der Waals surface area contributed by atoms with Crippen LogP contribution < -0.4 is 5.43 Å². The van der Waals surface area contributed by atoms with Crippen LogP contribution >= 0.6 is 11.6 Å². The molecule has 0 amide bonds. The molecule has 0 fully saturated rings. The fourth-order valence-corrected chi connectivity index (χ4v) is 2.15. The summed E-state index contributed by atoms with van der Waals surface area (Å²) in [5, 5.41) is 5.12. The number of halogens is 1. The number of nitrogens with zero attached hydrogens (tertiary/aromatic N) is 2. The highest BCUT2D eigenvalue weighted by atomic mass is 35.5. The molecule has 0 bridgehead atoms. The minimum Gasteiger partial charge on any atom is -0.261 e. The number of benzene rings is 2. The summed E-state index contributed by atoms with van der Waals surface area (Å²) in [5.74, 6) is 0.647. The molecule has 0 aliphatic carbocycles. The molecule has 1 heterocycles. The number of hydrazone groups is 1. The molecule has 0 radical (unpaired) electrons. The van der Waals surface area contributed by atoms with Gasteiger partial charge >= 0.3 is 0 Å². The van der Waals surface area contributed by atoms with Crippen molar-refractivity contribution in [2.24, 2.45) is 5.10 Å². The van der Waals surface area contributed by atoms with E-state index in [9.17, 15) is 0 Å². The minimum atomic E-state index is 0.598. The maximum absolute atomic E-state index is 5.84. The fourth-order valence-electron chi connectivity index (χ4n) is 2.04. The van der Waals surface area contributed by atoms with Crippen molar-refractivity contribution in [1.29, 1.82) is 0 Å². The predicted molar refractivity (Wildman–Crippen MR) is 91.4 cm³/mol. The Kier molecular flexibility index (Phi) is 4.47. The third-order valence-corrected chi connectivity index (χ3v) is 3.33. The van der Waals surface area contributed by atoms with Crippen LogP contribution in [-0.4, -0.2) is 10.7 Å². The number of aromatic nitrogens is 1. The lowest BCUT2D eigenvalue weighted by atomic mass is 10.0. The number of anilines is 1. The van der Waals surface area contributed by atoms with Gasteiger partial charge in [0.05, 0.1) is 10.7 Å². The van der Waals surface area contributed by atoms with E-state index in [0.29, 0.717) is 10.8 Å². The SMILES string of the molecule is Clc1ccc(NN=C(c2ccccc2)c2ccccc2)nc1. The standard InChI is InChI=1S/C18H14ClN3/c19-16-11-12-17(20-13-16)21-22-18(14-7-3-1-4-8-14)15-9-5-2-6-10-15/h1-13H,(H,20,21). The number of nitrogens with one attached hydrogen (secondary N) is 1. The van der Waals surface area contributed by atoms with Gasteiger partial charge in [-0.1, -0.05) is 72.3 Å².